The summed E-state index contributed by atoms with van der Waals surface area (Å²) in [6.45, 7) is 12.1. The SMILES string of the molecule is C=C(C)[C@@H]1CC(=O)C(C)=C[C@H]1c1c(OC(C)=O)cc(C)cc1OC(C)=O. The Kier molecular flexibility index (Phi) is 5.80. The topological polar surface area (TPSA) is 69.7 Å². The van der Waals surface area contributed by atoms with Crippen molar-refractivity contribution in [1.29, 1.82) is 0 Å². The number of allylic oxidation sites excluding steroid dienone is 3. The quantitative estimate of drug-likeness (QED) is 0.463. The molecular weight excluding hydrogens is 332 g/mol. The number of hydrogen-bond donors (Lipinski definition) is 0. The monoisotopic (exact) mass is 356 g/mol. The van der Waals surface area contributed by atoms with Gasteiger partial charge in [0.15, 0.2) is 5.78 Å². The molecule has 0 aliphatic heterocycles. The van der Waals surface area contributed by atoms with Crippen LogP contribution >= 0.6 is 0 Å². The van der Waals surface area contributed by atoms with E-state index in [-0.39, 0.29) is 17.6 Å². The van der Waals surface area contributed by atoms with Crippen LogP contribution in [0.5, 0.6) is 11.5 Å². The molecule has 0 heterocycles. The maximum atomic E-state index is 12.2. The molecule has 0 spiro atoms. The molecular formula is C21H24O5. The van der Waals surface area contributed by atoms with Gasteiger partial charge in [-0.3, -0.25) is 14.4 Å². The van der Waals surface area contributed by atoms with Gasteiger partial charge in [0.05, 0.1) is 0 Å². The highest BCUT2D eigenvalue weighted by atomic mass is 16.5. The second-order valence-corrected chi connectivity index (χ2v) is 6.82. The highest BCUT2D eigenvalue weighted by Gasteiger charge is 2.34. The van der Waals surface area contributed by atoms with Crippen LogP contribution in [0, 0.1) is 12.8 Å². The molecule has 5 nitrogen and oxygen atoms in total. The Hall–Kier alpha value is -2.69. The van der Waals surface area contributed by atoms with Crippen LogP contribution in [0.4, 0.5) is 0 Å². The fraction of sp³-hybridized carbons (Fsp3) is 0.381. The van der Waals surface area contributed by atoms with Crippen molar-refractivity contribution in [2.24, 2.45) is 5.92 Å². The predicted molar refractivity (Wildman–Crippen MR) is 98.2 cm³/mol. The summed E-state index contributed by atoms with van der Waals surface area (Å²) in [4.78, 5) is 35.4. The Morgan fingerprint density at radius 1 is 1.04 bits per heavy atom. The number of benzene rings is 1. The summed E-state index contributed by atoms with van der Waals surface area (Å²) in [5.74, 6) is -0.654. The van der Waals surface area contributed by atoms with Crippen LogP contribution in [-0.2, 0) is 14.4 Å². The molecule has 0 aromatic heterocycles. The molecule has 1 aromatic rings. The number of aryl methyl sites for hydroxylation is 1. The molecule has 138 valence electrons. The minimum absolute atomic E-state index is 0.0597. The number of ether oxygens (including phenoxy) is 2. The summed E-state index contributed by atoms with van der Waals surface area (Å²) in [6.07, 6.45) is 2.16. The number of carbonyl (C=O) groups is 3. The van der Waals surface area contributed by atoms with Gasteiger partial charge in [-0.1, -0.05) is 18.2 Å². The first-order chi connectivity index (χ1) is 12.1. The average Bonchev–Trinajstić information content (AvgIpc) is 2.48. The minimum Gasteiger partial charge on any atom is -0.426 e. The standard InChI is InChI=1S/C21H24O5/c1-11(2)16-10-18(24)13(4)9-17(16)21-19(25-14(5)22)7-12(3)8-20(21)26-15(6)23/h7-9,16-17H,1,10H2,2-6H3/t16-,17+/m0/s1. The first kappa shape index (κ1) is 19.6. The molecule has 5 heteroatoms. The van der Waals surface area contributed by atoms with E-state index >= 15 is 0 Å². The van der Waals surface area contributed by atoms with E-state index in [9.17, 15) is 14.4 Å². The number of rotatable bonds is 4. The fourth-order valence-corrected chi connectivity index (χ4v) is 3.27. The van der Waals surface area contributed by atoms with E-state index < -0.39 is 11.9 Å². The van der Waals surface area contributed by atoms with E-state index in [1.807, 2.05) is 19.9 Å². The lowest BCUT2D eigenvalue weighted by molar-refractivity contribution is -0.132. The summed E-state index contributed by atoms with van der Waals surface area (Å²) in [5, 5.41) is 0. The van der Waals surface area contributed by atoms with Crippen LogP contribution in [0.2, 0.25) is 0 Å². The van der Waals surface area contributed by atoms with Crippen molar-refractivity contribution in [3.8, 4) is 11.5 Å². The van der Waals surface area contributed by atoms with Crippen LogP contribution < -0.4 is 9.47 Å². The van der Waals surface area contributed by atoms with Gasteiger partial charge in [0.1, 0.15) is 11.5 Å². The van der Waals surface area contributed by atoms with E-state index in [0.29, 0.717) is 29.1 Å². The third-order valence-corrected chi connectivity index (χ3v) is 4.43. The molecule has 2 rings (SSSR count). The first-order valence-corrected chi connectivity index (χ1v) is 8.48. The molecule has 1 aromatic carbocycles. The Labute approximate surface area is 153 Å². The van der Waals surface area contributed by atoms with Crippen LogP contribution in [0.15, 0.2) is 35.9 Å². The maximum absolute atomic E-state index is 12.2. The van der Waals surface area contributed by atoms with Gasteiger partial charge in [-0.25, -0.2) is 0 Å². The van der Waals surface area contributed by atoms with Crippen molar-refractivity contribution in [3.05, 3.63) is 47.1 Å². The van der Waals surface area contributed by atoms with Crippen LogP contribution in [0.25, 0.3) is 0 Å². The fourth-order valence-electron chi connectivity index (χ4n) is 3.27. The molecule has 0 radical (unpaired) electrons. The summed E-state index contributed by atoms with van der Waals surface area (Å²) >= 11 is 0. The zero-order valence-electron chi connectivity index (χ0n) is 15.8. The zero-order chi connectivity index (χ0) is 19.6. The van der Waals surface area contributed by atoms with Gasteiger partial charge in [0.25, 0.3) is 0 Å². The van der Waals surface area contributed by atoms with Crippen LogP contribution in [-0.4, -0.2) is 17.7 Å². The lowest BCUT2D eigenvalue weighted by atomic mass is 9.73. The molecule has 26 heavy (non-hydrogen) atoms. The third kappa shape index (κ3) is 4.28. The van der Waals surface area contributed by atoms with Gasteiger partial charge < -0.3 is 9.47 Å². The lowest BCUT2D eigenvalue weighted by Gasteiger charge is -2.31. The van der Waals surface area contributed by atoms with Gasteiger partial charge in [-0.15, -0.1) is 0 Å². The molecule has 0 N–H and O–H groups in total. The molecule has 0 bridgehead atoms. The summed E-state index contributed by atoms with van der Waals surface area (Å²) in [5.41, 5.74) is 2.85. The third-order valence-electron chi connectivity index (χ3n) is 4.43. The van der Waals surface area contributed by atoms with Gasteiger partial charge >= 0.3 is 11.9 Å². The van der Waals surface area contributed by atoms with Gasteiger partial charge in [-0.05, 0) is 50.0 Å². The van der Waals surface area contributed by atoms with Crippen molar-refractivity contribution in [3.63, 3.8) is 0 Å². The van der Waals surface area contributed by atoms with Crippen LogP contribution in [0.1, 0.15) is 51.2 Å². The number of carbonyl (C=O) groups excluding carboxylic acids is 3. The van der Waals surface area contributed by atoms with Crippen LogP contribution in [0.3, 0.4) is 0 Å². The zero-order valence-corrected chi connectivity index (χ0v) is 15.8. The minimum atomic E-state index is -0.468. The van der Waals surface area contributed by atoms with E-state index in [1.165, 1.54) is 13.8 Å². The van der Waals surface area contributed by atoms with Crippen molar-refractivity contribution in [2.75, 3.05) is 0 Å². The van der Waals surface area contributed by atoms with Crippen molar-refractivity contribution >= 4 is 17.7 Å². The van der Waals surface area contributed by atoms with Crippen molar-refractivity contribution < 1.29 is 23.9 Å². The first-order valence-electron chi connectivity index (χ1n) is 8.48. The molecule has 0 saturated carbocycles. The molecule has 0 fully saturated rings. The average molecular weight is 356 g/mol. The molecule has 2 atom stereocenters. The highest BCUT2D eigenvalue weighted by molar-refractivity contribution is 5.96. The maximum Gasteiger partial charge on any atom is 0.308 e. The second-order valence-electron chi connectivity index (χ2n) is 6.82. The molecule has 0 saturated heterocycles. The molecule has 0 amide bonds. The summed E-state index contributed by atoms with van der Waals surface area (Å²) < 4.78 is 10.8. The molecule has 1 aliphatic rings. The number of ketones is 1. The summed E-state index contributed by atoms with van der Waals surface area (Å²) in [6, 6.07) is 3.47. The number of esters is 2. The van der Waals surface area contributed by atoms with Gasteiger partial charge in [-0.2, -0.15) is 0 Å². The van der Waals surface area contributed by atoms with E-state index in [1.54, 1.807) is 19.1 Å². The van der Waals surface area contributed by atoms with Gasteiger partial charge in [0, 0.05) is 31.7 Å². The van der Waals surface area contributed by atoms with Crippen molar-refractivity contribution in [1.82, 2.24) is 0 Å². The normalized spacial score (nSPS) is 19.6. The smallest absolute Gasteiger partial charge is 0.308 e. The van der Waals surface area contributed by atoms with E-state index in [4.69, 9.17) is 9.47 Å². The van der Waals surface area contributed by atoms with E-state index in [0.717, 1.165) is 11.1 Å². The Balaban J connectivity index is 2.74. The Morgan fingerprint density at radius 2 is 1.54 bits per heavy atom. The number of Topliss-reactive ketones (excluding diaryl/α,β-unsaturated/α-hetero) is 1. The molecule has 0 unspecified atom stereocenters. The number of hydrogen-bond acceptors (Lipinski definition) is 5. The largest absolute Gasteiger partial charge is 0.426 e. The van der Waals surface area contributed by atoms with Gasteiger partial charge in [0.2, 0.25) is 0 Å². The second kappa shape index (κ2) is 7.68. The molecule has 1 aliphatic carbocycles. The van der Waals surface area contributed by atoms with E-state index in [2.05, 4.69) is 6.58 Å². The van der Waals surface area contributed by atoms with Crippen molar-refractivity contribution in [2.45, 2.75) is 47.0 Å². The predicted octanol–water partition coefficient (Wildman–Crippen LogP) is 4.04. The Bertz CT molecular complexity index is 779. The Morgan fingerprint density at radius 3 is 1.96 bits per heavy atom. The highest BCUT2D eigenvalue weighted by Crippen LogP contribution is 2.46. The summed E-state index contributed by atoms with van der Waals surface area (Å²) in [7, 11) is 0. The lowest BCUT2D eigenvalue weighted by Crippen LogP contribution is -2.24.